The molecule has 0 aromatic rings. The Morgan fingerprint density at radius 2 is 1.93 bits per heavy atom. The van der Waals surface area contributed by atoms with Gasteiger partial charge in [0, 0.05) is 6.54 Å². The first kappa shape index (κ1) is 13.3. The molecule has 1 amide bonds. The van der Waals surface area contributed by atoms with Gasteiger partial charge in [0.15, 0.2) is 0 Å². The lowest BCUT2D eigenvalue weighted by Gasteiger charge is -2.18. The van der Waals surface area contributed by atoms with Gasteiger partial charge >= 0.3 is 6.09 Å². The van der Waals surface area contributed by atoms with Gasteiger partial charge in [-0.25, -0.2) is 4.79 Å². The van der Waals surface area contributed by atoms with Gasteiger partial charge in [-0.15, -0.1) is 0 Å². The number of hydrogen-bond donors (Lipinski definition) is 1. The van der Waals surface area contributed by atoms with Crippen LogP contribution in [0.3, 0.4) is 0 Å². The summed E-state index contributed by atoms with van der Waals surface area (Å²) in [5, 5.41) is 2.73. The summed E-state index contributed by atoms with van der Waals surface area (Å²) in [5.41, 5.74) is 0.255. The van der Waals surface area contributed by atoms with Crippen LogP contribution in [0.4, 0.5) is 4.79 Å². The van der Waals surface area contributed by atoms with Gasteiger partial charge < -0.3 is 10.1 Å². The highest BCUT2D eigenvalue weighted by atomic mass is 16.5. The van der Waals surface area contributed by atoms with Gasteiger partial charge in [0.25, 0.3) is 0 Å². The molecule has 0 aromatic carbocycles. The molecule has 0 saturated heterocycles. The lowest BCUT2D eigenvalue weighted by Crippen LogP contribution is -2.28. The minimum absolute atomic E-state index is 0.255. The fraction of sp³-hybridized carbons (Fsp3) is 0.909. The highest BCUT2D eigenvalue weighted by Gasteiger charge is 2.10. The molecule has 0 aliphatic carbocycles. The molecule has 0 atom stereocenters. The van der Waals surface area contributed by atoms with Crippen LogP contribution in [0.15, 0.2) is 0 Å². The summed E-state index contributed by atoms with van der Waals surface area (Å²) in [7, 11) is 0. The molecule has 0 saturated carbocycles. The lowest BCUT2D eigenvalue weighted by atomic mass is 9.92. The zero-order chi connectivity index (χ0) is 11.2. The van der Waals surface area contributed by atoms with Crippen molar-refractivity contribution in [1.29, 1.82) is 0 Å². The third kappa shape index (κ3) is 9.36. The molecule has 3 heteroatoms. The number of alkyl carbamates (subject to hydrolysis) is 1. The van der Waals surface area contributed by atoms with Gasteiger partial charge in [-0.05, 0) is 17.8 Å². The molecule has 0 radical (unpaired) electrons. The first-order valence-electron chi connectivity index (χ1n) is 5.22. The van der Waals surface area contributed by atoms with Crippen LogP contribution in [0.25, 0.3) is 0 Å². The standard InChI is InChI=1S/C11H23NO2/c1-9(2)8-14-10(13)12-7-6-11(3,4)5/h9H,6-8H2,1-5H3,(H,12,13). The highest BCUT2D eigenvalue weighted by Crippen LogP contribution is 2.16. The Kier molecular flexibility index (Phi) is 5.58. The number of carbonyl (C=O) groups is 1. The quantitative estimate of drug-likeness (QED) is 0.759. The van der Waals surface area contributed by atoms with Gasteiger partial charge in [0.05, 0.1) is 6.61 Å². The Hall–Kier alpha value is -0.730. The molecule has 3 nitrogen and oxygen atoms in total. The van der Waals surface area contributed by atoms with E-state index in [1.807, 2.05) is 13.8 Å². The Balaban J connectivity index is 3.46. The summed E-state index contributed by atoms with van der Waals surface area (Å²) in [6, 6.07) is 0. The van der Waals surface area contributed by atoms with E-state index in [0.717, 1.165) is 6.42 Å². The third-order valence-corrected chi connectivity index (χ3v) is 1.69. The number of hydrogen-bond acceptors (Lipinski definition) is 2. The molecule has 0 bridgehead atoms. The van der Waals surface area contributed by atoms with Crippen LogP contribution in [0.2, 0.25) is 0 Å². The molecule has 0 unspecified atom stereocenters. The number of carbonyl (C=O) groups excluding carboxylic acids is 1. The van der Waals surface area contributed by atoms with Gasteiger partial charge in [0.1, 0.15) is 0 Å². The van der Waals surface area contributed by atoms with E-state index in [4.69, 9.17) is 4.74 Å². The maximum atomic E-state index is 11.1. The first-order chi connectivity index (χ1) is 6.31. The van der Waals surface area contributed by atoms with Crippen LogP contribution in [-0.2, 0) is 4.74 Å². The minimum Gasteiger partial charge on any atom is -0.449 e. The molecule has 14 heavy (non-hydrogen) atoms. The molecule has 84 valence electrons. The molecule has 0 heterocycles. The zero-order valence-corrected chi connectivity index (χ0v) is 10.0. The van der Waals surface area contributed by atoms with Crippen LogP contribution in [0, 0.1) is 11.3 Å². The summed E-state index contributed by atoms with van der Waals surface area (Å²) in [5.74, 6) is 0.392. The van der Waals surface area contributed by atoms with E-state index in [9.17, 15) is 4.79 Å². The Labute approximate surface area is 87.2 Å². The van der Waals surface area contributed by atoms with Crippen molar-refractivity contribution in [3.05, 3.63) is 0 Å². The Morgan fingerprint density at radius 1 is 1.36 bits per heavy atom. The van der Waals surface area contributed by atoms with Crippen molar-refractivity contribution >= 4 is 6.09 Å². The van der Waals surface area contributed by atoms with E-state index in [0.29, 0.717) is 19.1 Å². The summed E-state index contributed by atoms with van der Waals surface area (Å²) in [6.45, 7) is 11.6. The molecule has 0 aromatic heterocycles. The summed E-state index contributed by atoms with van der Waals surface area (Å²) in [6.07, 6.45) is 0.659. The number of ether oxygens (including phenoxy) is 1. The van der Waals surface area contributed by atoms with Crippen LogP contribution < -0.4 is 5.32 Å². The van der Waals surface area contributed by atoms with E-state index in [1.165, 1.54) is 0 Å². The molecule has 0 fully saturated rings. The molecule has 0 rings (SSSR count). The van der Waals surface area contributed by atoms with Crippen molar-refractivity contribution in [2.75, 3.05) is 13.2 Å². The second kappa shape index (κ2) is 5.89. The molecule has 0 aliphatic rings. The second-order valence-electron chi connectivity index (χ2n) is 5.23. The van der Waals surface area contributed by atoms with Gasteiger partial charge in [0.2, 0.25) is 0 Å². The Morgan fingerprint density at radius 3 is 2.36 bits per heavy atom. The largest absolute Gasteiger partial charge is 0.449 e. The van der Waals surface area contributed by atoms with Crippen molar-refractivity contribution in [3.63, 3.8) is 0 Å². The normalized spacial score (nSPS) is 11.6. The van der Waals surface area contributed by atoms with Crippen LogP contribution in [0.5, 0.6) is 0 Å². The number of nitrogens with one attached hydrogen (secondary N) is 1. The smallest absolute Gasteiger partial charge is 0.407 e. The Bertz CT molecular complexity index is 171. The average Bonchev–Trinajstić information content (AvgIpc) is 1.98. The zero-order valence-electron chi connectivity index (χ0n) is 10.0. The second-order valence-corrected chi connectivity index (χ2v) is 5.23. The molecular weight excluding hydrogens is 178 g/mol. The van der Waals surface area contributed by atoms with Crippen molar-refractivity contribution in [3.8, 4) is 0 Å². The minimum atomic E-state index is -0.303. The van der Waals surface area contributed by atoms with E-state index in [2.05, 4.69) is 26.1 Å². The highest BCUT2D eigenvalue weighted by molar-refractivity contribution is 5.66. The predicted octanol–water partition coefficient (Wildman–Crippen LogP) is 2.80. The van der Waals surface area contributed by atoms with E-state index in [1.54, 1.807) is 0 Å². The maximum absolute atomic E-state index is 11.1. The van der Waals surface area contributed by atoms with Crippen molar-refractivity contribution in [2.45, 2.75) is 41.0 Å². The summed E-state index contributed by atoms with van der Waals surface area (Å²) < 4.78 is 4.97. The van der Waals surface area contributed by atoms with Gasteiger partial charge in [-0.3, -0.25) is 0 Å². The average molecular weight is 201 g/mol. The van der Waals surface area contributed by atoms with Gasteiger partial charge in [-0.2, -0.15) is 0 Å². The van der Waals surface area contributed by atoms with E-state index >= 15 is 0 Å². The number of amides is 1. The molecule has 1 N–H and O–H groups in total. The van der Waals surface area contributed by atoms with Crippen LogP contribution in [0.1, 0.15) is 41.0 Å². The first-order valence-corrected chi connectivity index (χ1v) is 5.22. The van der Waals surface area contributed by atoms with Crippen molar-refractivity contribution < 1.29 is 9.53 Å². The van der Waals surface area contributed by atoms with E-state index < -0.39 is 0 Å². The van der Waals surface area contributed by atoms with Crippen LogP contribution >= 0.6 is 0 Å². The molecular formula is C11H23NO2. The lowest BCUT2D eigenvalue weighted by molar-refractivity contribution is 0.132. The third-order valence-electron chi connectivity index (χ3n) is 1.69. The van der Waals surface area contributed by atoms with E-state index in [-0.39, 0.29) is 11.5 Å². The molecule has 0 spiro atoms. The monoisotopic (exact) mass is 201 g/mol. The fourth-order valence-electron chi connectivity index (χ4n) is 0.833. The SMILES string of the molecule is CC(C)COC(=O)NCCC(C)(C)C. The maximum Gasteiger partial charge on any atom is 0.407 e. The summed E-state index contributed by atoms with van der Waals surface area (Å²) >= 11 is 0. The van der Waals surface area contributed by atoms with Crippen LogP contribution in [-0.4, -0.2) is 19.2 Å². The van der Waals surface area contributed by atoms with Crippen molar-refractivity contribution in [2.24, 2.45) is 11.3 Å². The fourth-order valence-corrected chi connectivity index (χ4v) is 0.833. The van der Waals surface area contributed by atoms with Crippen molar-refractivity contribution in [1.82, 2.24) is 5.32 Å². The summed E-state index contributed by atoms with van der Waals surface area (Å²) in [4.78, 5) is 11.1. The van der Waals surface area contributed by atoms with Gasteiger partial charge in [-0.1, -0.05) is 34.6 Å². The number of rotatable bonds is 4. The topological polar surface area (TPSA) is 38.3 Å². The molecule has 0 aliphatic heterocycles. The predicted molar refractivity (Wildman–Crippen MR) is 58.3 cm³/mol.